The molecule has 1 saturated carbocycles. The largest absolute Gasteiger partial charge is 0.481 e. The molecule has 8 nitrogen and oxygen atoms in total. The van der Waals surface area contributed by atoms with E-state index in [0.29, 0.717) is 6.54 Å². The van der Waals surface area contributed by atoms with Crippen LogP contribution in [0, 0.1) is 17.8 Å². The summed E-state index contributed by atoms with van der Waals surface area (Å²) in [6, 6.07) is 3.22. The van der Waals surface area contributed by atoms with Crippen LogP contribution in [0.1, 0.15) is 39.0 Å². The first-order valence-electron chi connectivity index (χ1n) is 10.4. The number of hydrogen-bond acceptors (Lipinski definition) is 5. The molecule has 2 amide bonds. The van der Waals surface area contributed by atoms with Gasteiger partial charge in [-0.3, -0.25) is 19.4 Å². The van der Waals surface area contributed by atoms with E-state index < -0.39 is 12.0 Å². The topological polar surface area (TPSA) is 103 Å². The number of carbonyl (C=O) groups is 3. The molecule has 1 aromatic heterocycles. The van der Waals surface area contributed by atoms with Gasteiger partial charge in [-0.25, -0.2) is 0 Å². The Hall–Kier alpha value is -3.08. The minimum atomic E-state index is -1.03. The highest BCUT2D eigenvalue weighted by atomic mass is 16.4. The Balaban J connectivity index is 1.62. The number of nitrogens with zero attached hydrogens (tertiary/aromatic N) is 3. The van der Waals surface area contributed by atoms with Crippen LogP contribution in [0.25, 0.3) is 0 Å². The van der Waals surface area contributed by atoms with Crippen LogP contribution in [0.2, 0.25) is 0 Å². The van der Waals surface area contributed by atoms with Gasteiger partial charge in [-0.1, -0.05) is 5.92 Å². The van der Waals surface area contributed by atoms with Crippen molar-refractivity contribution >= 4 is 23.5 Å². The Morgan fingerprint density at radius 3 is 2.67 bits per heavy atom. The van der Waals surface area contributed by atoms with Gasteiger partial charge < -0.3 is 20.2 Å². The molecule has 1 aromatic rings. The third-order valence-corrected chi connectivity index (χ3v) is 5.42. The van der Waals surface area contributed by atoms with E-state index in [1.54, 1.807) is 24.2 Å². The van der Waals surface area contributed by atoms with E-state index in [0.717, 1.165) is 37.9 Å². The zero-order chi connectivity index (χ0) is 21.5. The lowest BCUT2D eigenvalue weighted by atomic mass is 9.96. The van der Waals surface area contributed by atoms with E-state index >= 15 is 0 Å². The molecule has 1 unspecified atom stereocenters. The van der Waals surface area contributed by atoms with Gasteiger partial charge in [0.2, 0.25) is 11.8 Å². The molecular formula is C22H28N4O4. The fourth-order valence-electron chi connectivity index (χ4n) is 3.86. The van der Waals surface area contributed by atoms with Crippen LogP contribution in [0.15, 0.2) is 24.5 Å². The van der Waals surface area contributed by atoms with Gasteiger partial charge in [-0.2, -0.15) is 0 Å². The Bertz CT molecular complexity index is 829. The molecule has 2 fully saturated rings. The van der Waals surface area contributed by atoms with E-state index in [1.807, 2.05) is 12.1 Å². The normalized spacial score (nSPS) is 19.2. The van der Waals surface area contributed by atoms with Crippen LogP contribution < -0.4 is 10.2 Å². The van der Waals surface area contributed by atoms with Crippen LogP contribution >= 0.6 is 0 Å². The fourth-order valence-corrected chi connectivity index (χ4v) is 3.86. The second-order valence-corrected chi connectivity index (χ2v) is 7.80. The van der Waals surface area contributed by atoms with Crippen molar-refractivity contribution in [3.63, 3.8) is 0 Å². The highest BCUT2D eigenvalue weighted by molar-refractivity contribution is 5.87. The number of amides is 2. The van der Waals surface area contributed by atoms with Gasteiger partial charge in [0.25, 0.3) is 0 Å². The van der Waals surface area contributed by atoms with Crippen LogP contribution in [-0.4, -0.2) is 64.5 Å². The van der Waals surface area contributed by atoms with Crippen LogP contribution in [0.5, 0.6) is 0 Å². The molecule has 160 valence electrons. The number of carboxylic acids is 1. The van der Waals surface area contributed by atoms with Gasteiger partial charge in [-0.05, 0) is 44.7 Å². The minimum absolute atomic E-state index is 0.00256. The summed E-state index contributed by atoms with van der Waals surface area (Å²) >= 11 is 0. The molecule has 2 atom stereocenters. The average molecular weight is 412 g/mol. The van der Waals surface area contributed by atoms with Crippen LogP contribution in [-0.2, 0) is 14.4 Å². The molecule has 30 heavy (non-hydrogen) atoms. The molecule has 2 heterocycles. The molecular weight excluding hydrogens is 384 g/mol. The molecule has 1 aliphatic heterocycles. The number of carboxylic acid groups (broad SMARTS) is 1. The van der Waals surface area contributed by atoms with E-state index in [1.165, 1.54) is 0 Å². The Labute approximate surface area is 176 Å². The van der Waals surface area contributed by atoms with Gasteiger partial charge in [0, 0.05) is 37.2 Å². The monoisotopic (exact) mass is 412 g/mol. The summed E-state index contributed by atoms with van der Waals surface area (Å²) in [4.78, 5) is 44.7. The summed E-state index contributed by atoms with van der Waals surface area (Å²) < 4.78 is 0. The van der Waals surface area contributed by atoms with Crippen molar-refractivity contribution in [1.82, 2.24) is 15.2 Å². The molecule has 8 heteroatoms. The van der Waals surface area contributed by atoms with Crippen molar-refractivity contribution in [2.75, 3.05) is 24.5 Å². The zero-order valence-corrected chi connectivity index (χ0v) is 17.2. The standard InChI is InChI=1S/C22H28N4O4/c1-2-4-17(13-21(28)29)24-20(27)15-26(19-6-7-19)22(30)16-5-3-12-25(14-16)18-8-10-23-11-9-18/h8-11,16-17,19H,3,5-7,12-15H2,1H3,(H,24,27)(H,28,29)/t16?,17-/m1/s1. The smallest absolute Gasteiger partial charge is 0.306 e. The average Bonchev–Trinajstić information content (AvgIpc) is 3.57. The Morgan fingerprint density at radius 2 is 2.03 bits per heavy atom. The highest BCUT2D eigenvalue weighted by Gasteiger charge is 2.38. The SMILES string of the molecule is CC#C[C@H](CC(=O)O)NC(=O)CN(C(=O)C1CCCN(c2ccncc2)C1)C1CC1. The van der Waals surface area contributed by atoms with Gasteiger partial charge >= 0.3 is 5.97 Å². The number of rotatable bonds is 8. The molecule has 1 saturated heterocycles. The molecule has 0 radical (unpaired) electrons. The maximum Gasteiger partial charge on any atom is 0.306 e. The van der Waals surface area contributed by atoms with Crippen molar-refractivity contribution in [3.05, 3.63) is 24.5 Å². The lowest BCUT2D eigenvalue weighted by molar-refractivity contribution is -0.141. The lowest BCUT2D eigenvalue weighted by Gasteiger charge is -2.36. The predicted molar refractivity (Wildman–Crippen MR) is 112 cm³/mol. The van der Waals surface area contributed by atoms with Crippen LogP contribution in [0.4, 0.5) is 5.69 Å². The zero-order valence-electron chi connectivity index (χ0n) is 17.2. The lowest BCUT2D eigenvalue weighted by Crippen LogP contribution is -2.50. The maximum atomic E-state index is 13.3. The number of anilines is 1. The number of piperidine rings is 1. The van der Waals surface area contributed by atoms with Crippen molar-refractivity contribution in [2.45, 2.75) is 51.1 Å². The number of pyridine rings is 1. The third kappa shape index (κ3) is 5.96. The van der Waals surface area contributed by atoms with E-state index in [4.69, 9.17) is 5.11 Å². The van der Waals surface area contributed by atoms with E-state index in [2.05, 4.69) is 27.0 Å². The maximum absolute atomic E-state index is 13.3. The summed E-state index contributed by atoms with van der Waals surface area (Å²) in [5, 5.41) is 11.6. The fraction of sp³-hybridized carbons (Fsp3) is 0.545. The number of aromatic nitrogens is 1. The first-order chi connectivity index (χ1) is 14.5. The number of hydrogen-bond donors (Lipinski definition) is 2. The summed E-state index contributed by atoms with van der Waals surface area (Å²) in [5.41, 5.74) is 1.05. The summed E-state index contributed by atoms with van der Waals surface area (Å²) in [5.74, 6) is 3.79. The minimum Gasteiger partial charge on any atom is -0.481 e. The number of nitrogens with one attached hydrogen (secondary N) is 1. The summed E-state index contributed by atoms with van der Waals surface area (Å²) in [6.45, 7) is 3.05. The van der Waals surface area contributed by atoms with E-state index in [9.17, 15) is 14.4 Å². The van der Waals surface area contributed by atoms with Gasteiger partial charge in [0.1, 0.15) is 6.04 Å². The van der Waals surface area contributed by atoms with Crippen molar-refractivity contribution < 1.29 is 19.5 Å². The molecule has 0 spiro atoms. The number of aliphatic carboxylic acids is 1. The molecule has 1 aliphatic carbocycles. The Kier molecular flexibility index (Phi) is 7.28. The predicted octanol–water partition coefficient (Wildman–Crippen LogP) is 1.27. The van der Waals surface area contributed by atoms with Crippen molar-refractivity contribution in [3.8, 4) is 11.8 Å². The van der Waals surface area contributed by atoms with E-state index in [-0.39, 0.29) is 36.7 Å². The van der Waals surface area contributed by atoms with Gasteiger partial charge in [-0.15, -0.1) is 5.92 Å². The second kappa shape index (κ2) is 10.1. The Morgan fingerprint density at radius 1 is 1.30 bits per heavy atom. The van der Waals surface area contributed by atoms with Gasteiger partial charge in [0.15, 0.2) is 0 Å². The first-order valence-corrected chi connectivity index (χ1v) is 10.4. The summed E-state index contributed by atoms with van der Waals surface area (Å²) in [6.07, 6.45) is 6.72. The molecule has 0 aromatic carbocycles. The summed E-state index contributed by atoms with van der Waals surface area (Å²) in [7, 11) is 0. The molecule has 0 bridgehead atoms. The van der Waals surface area contributed by atoms with Gasteiger partial charge in [0.05, 0.1) is 18.9 Å². The van der Waals surface area contributed by atoms with Crippen molar-refractivity contribution in [1.29, 1.82) is 0 Å². The number of carbonyl (C=O) groups excluding carboxylic acids is 2. The first kappa shape index (κ1) is 21.6. The highest BCUT2D eigenvalue weighted by Crippen LogP contribution is 2.31. The third-order valence-electron chi connectivity index (χ3n) is 5.42. The van der Waals surface area contributed by atoms with Crippen LogP contribution in [0.3, 0.4) is 0 Å². The molecule has 2 aliphatic rings. The van der Waals surface area contributed by atoms with Crippen molar-refractivity contribution in [2.24, 2.45) is 5.92 Å². The molecule has 3 rings (SSSR count). The molecule has 2 N–H and O–H groups in total. The quantitative estimate of drug-likeness (QED) is 0.624. The second-order valence-electron chi connectivity index (χ2n) is 7.80.